The van der Waals surface area contributed by atoms with Crippen molar-refractivity contribution in [2.75, 3.05) is 31.7 Å². The average Bonchev–Trinajstić information content (AvgIpc) is 4.05. The summed E-state index contributed by atoms with van der Waals surface area (Å²) in [6, 6.07) is 15.9. The van der Waals surface area contributed by atoms with E-state index in [9.17, 15) is 35.2 Å². The van der Waals surface area contributed by atoms with Gasteiger partial charge in [0.15, 0.2) is 33.0 Å². The van der Waals surface area contributed by atoms with Crippen molar-refractivity contribution in [1.82, 2.24) is 18.7 Å². The monoisotopic (exact) mass is 1060 g/mol. The van der Waals surface area contributed by atoms with E-state index in [1.54, 1.807) is 58.0 Å². The number of esters is 2. The van der Waals surface area contributed by atoms with Gasteiger partial charge in [0, 0.05) is 41.4 Å². The topological polar surface area (TPSA) is 213 Å². The van der Waals surface area contributed by atoms with Gasteiger partial charge in [0.2, 0.25) is 5.13 Å². The predicted octanol–water partition coefficient (Wildman–Crippen LogP) is 9.57. The zero-order valence-corrected chi connectivity index (χ0v) is 41.5. The quantitative estimate of drug-likeness (QED) is 0.0578. The molecule has 0 radical (unpaired) electrons. The Hall–Kier alpha value is -7.22. The fourth-order valence-electron chi connectivity index (χ4n) is 6.43. The first-order chi connectivity index (χ1) is 33.8. The van der Waals surface area contributed by atoms with Crippen molar-refractivity contribution in [3.05, 3.63) is 148 Å². The van der Waals surface area contributed by atoms with E-state index in [2.05, 4.69) is 18.7 Å². The summed E-state index contributed by atoms with van der Waals surface area (Å²) >= 11 is 1.61. The van der Waals surface area contributed by atoms with Gasteiger partial charge >= 0.3 is 11.9 Å². The highest BCUT2D eigenvalue weighted by atomic mass is 32.2. The molecule has 5 aromatic carbocycles. The highest BCUT2D eigenvalue weighted by Crippen LogP contribution is 2.36. The molecule has 7 rings (SSSR count). The Bertz CT molecular complexity index is 3280. The number of hydrogen-bond acceptors (Lipinski definition) is 18. The number of methoxy groups -OCH3 is 2. The minimum absolute atomic E-state index is 0.0315. The number of halogens is 4. The van der Waals surface area contributed by atoms with E-state index in [1.807, 2.05) is 0 Å². The van der Waals surface area contributed by atoms with Crippen LogP contribution in [0.3, 0.4) is 0 Å². The molecule has 0 N–H and O–H groups in total. The summed E-state index contributed by atoms with van der Waals surface area (Å²) in [6.45, 7) is 6.68. The third kappa shape index (κ3) is 13.2. The second kappa shape index (κ2) is 23.1. The second-order valence-electron chi connectivity index (χ2n) is 14.6. The predicted molar refractivity (Wildman–Crippen MR) is 251 cm³/mol. The largest absolute Gasteiger partial charge is 0.497 e. The van der Waals surface area contributed by atoms with Gasteiger partial charge in [0.25, 0.3) is 10.0 Å². The molecule has 7 aromatic rings. The Kier molecular flexibility index (Phi) is 17.3. The summed E-state index contributed by atoms with van der Waals surface area (Å²) in [5.74, 6) is -6.69. The standard InChI is InChI=1S/C27H25F2N3O7S2.C19H16F2N2O5S2/c1-5-38-26(33)18-8-16(2)9-20(10-18)39-24-12-22(29)25(13-21(24)28)41(34,35)32(27-30-15-31-40-27)14-17-6-7-19(36-3)11-23(17)37-4;1-3-27-19(24)12-4-11(2)5-13(6-12)28-16-7-15(21)17(8-14(16)20)30(25,26)9-18-22-10-23-29-18/h6-13,15H,5,14H2,1-4H3;4-8,10H,3,9H2,1-2H3. The van der Waals surface area contributed by atoms with Crippen LogP contribution in [0, 0.1) is 37.1 Å². The van der Waals surface area contributed by atoms with E-state index < -0.39 is 82.1 Å². The maximum atomic E-state index is 15.4. The second-order valence-corrected chi connectivity index (χ2v) is 20.1. The van der Waals surface area contributed by atoms with Gasteiger partial charge in [-0.2, -0.15) is 8.75 Å². The molecule has 25 heteroatoms. The lowest BCUT2D eigenvalue weighted by atomic mass is 10.1. The van der Waals surface area contributed by atoms with Crippen LogP contribution in [0.4, 0.5) is 22.7 Å². The number of anilines is 1. The number of nitrogens with zero attached hydrogens (tertiary/aromatic N) is 5. The van der Waals surface area contributed by atoms with E-state index in [1.165, 1.54) is 44.8 Å². The fraction of sp³-hybridized carbons (Fsp3) is 0.217. The van der Waals surface area contributed by atoms with Gasteiger partial charge in [-0.1, -0.05) is 0 Å². The van der Waals surface area contributed by atoms with Crippen LogP contribution in [0.2, 0.25) is 0 Å². The Balaban J connectivity index is 0.000000244. The zero-order valence-electron chi connectivity index (χ0n) is 38.3. The number of carbonyl (C=O) groups is 2. The molecule has 0 saturated carbocycles. The number of rotatable bonds is 18. The SMILES string of the molecule is CCOC(=O)c1cc(C)cc(Oc2cc(F)c(S(=O)(=O)Cc3ncns3)cc2F)c1.CCOC(=O)c1cc(C)cc(Oc2cc(F)c(S(=O)(=O)N(Cc3ccc(OC)cc3OC)c3ncns3)cc2F)c1. The van der Waals surface area contributed by atoms with Crippen molar-refractivity contribution in [2.45, 2.75) is 49.8 Å². The van der Waals surface area contributed by atoms with Crippen LogP contribution in [-0.2, 0) is 41.6 Å². The molecule has 0 aliphatic carbocycles. The van der Waals surface area contributed by atoms with Crippen molar-refractivity contribution in [3.8, 4) is 34.5 Å². The van der Waals surface area contributed by atoms with Gasteiger partial charge in [-0.3, -0.25) is 0 Å². The summed E-state index contributed by atoms with van der Waals surface area (Å²) in [7, 11) is -6.02. The summed E-state index contributed by atoms with van der Waals surface area (Å²) < 4.78 is 152. The Morgan fingerprint density at radius 2 is 1.14 bits per heavy atom. The third-order valence-corrected chi connectivity index (χ3v) is 14.6. The maximum Gasteiger partial charge on any atom is 0.338 e. The van der Waals surface area contributed by atoms with Crippen LogP contribution in [0.25, 0.3) is 0 Å². The summed E-state index contributed by atoms with van der Waals surface area (Å²) in [5.41, 5.74) is 1.98. The Labute approximate surface area is 412 Å². The maximum absolute atomic E-state index is 15.4. The Morgan fingerprint density at radius 3 is 1.63 bits per heavy atom. The van der Waals surface area contributed by atoms with Gasteiger partial charge < -0.3 is 28.4 Å². The number of sulfonamides is 1. The number of hydrogen-bond donors (Lipinski definition) is 0. The van der Waals surface area contributed by atoms with Crippen LogP contribution in [0.15, 0.2) is 101 Å². The number of aromatic nitrogens is 4. The normalized spacial score (nSPS) is 11.2. The van der Waals surface area contributed by atoms with Gasteiger partial charge in [-0.15, -0.1) is 0 Å². The van der Waals surface area contributed by atoms with E-state index >= 15 is 8.78 Å². The van der Waals surface area contributed by atoms with Crippen molar-refractivity contribution >= 4 is 60.0 Å². The minimum Gasteiger partial charge on any atom is -0.497 e. The molecule has 0 aliphatic heterocycles. The summed E-state index contributed by atoms with van der Waals surface area (Å²) in [6.07, 6.45) is 2.32. The zero-order chi connectivity index (χ0) is 51.6. The molecule has 0 unspecified atom stereocenters. The summed E-state index contributed by atoms with van der Waals surface area (Å²) in [4.78, 5) is 30.0. The van der Waals surface area contributed by atoms with E-state index in [0.29, 0.717) is 52.5 Å². The van der Waals surface area contributed by atoms with Crippen LogP contribution < -0.4 is 23.3 Å². The van der Waals surface area contributed by atoms with Gasteiger partial charge in [0.05, 0.1) is 45.1 Å². The molecule has 0 spiro atoms. The molecular formula is C46H41F4N5O12S4. The number of ether oxygens (including phenoxy) is 6. The first kappa shape index (κ1) is 53.1. The van der Waals surface area contributed by atoms with Crippen LogP contribution in [0.1, 0.15) is 56.3 Å². The fourth-order valence-corrected chi connectivity index (χ4v) is 10.8. The molecule has 0 saturated heterocycles. The number of carbonyl (C=O) groups excluding carboxylic acids is 2. The molecular weight excluding hydrogens is 1020 g/mol. The number of benzene rings is 5. The van der Waals surface area contributed by atoms with Gasteiger partial charge in [0.1, 0.15) is 67.8 Å². The van der Waals surface area contributed by atoms with Crippen LogP contribution in [0.5, 0.6) is 34.5 Å². The molecule has 2 heterocycles. The van der Waals surface area contributed by atoms with Gasteiger partial charge in [-0.05, 0) is 105 Å². The number of sulfone groups is 1. The smallest absolute Gasteiger partial charge is 0.338 e. The molecule has 0 aliphatic rings. The molecule has 71 heavy (non-hydrogen) atoms. The summed E-state index contributed by atoms with van der Waals surface area (Å²) in [5, 5.41) is 0.0793. The minimum atomic E-state index is -4.71. The van der Waals surface area contributed by atoms with E-state index in [4.69, 9.17) is 28.4 Å². The molecule has 0 bridgehead atoms. The van der Waals surface area contributed by atoms with Crippen molar-refractivity contribution in [1.29, 1.82) is 0 Å². The van der Waals surface area contributed by atoms with E-state index in [0.717, 1.165) is 33.7 Å². The molecule has 374 valence electrons. The lowest BCUT2D eigenvalue weighted by Crippen LogP contribution is -2.31. The Morgan fingerprint density at radius 1 is 0.606 bits per heavy atom. The molecule has 0 fully saturated rings. The lowest BCUT2D eigenvalue weighted by molar-refractivity contribution is 0.0516. The van der Waals surface area contributed by atoms with Crippen LogP contribution >= 0.6 is 23.1 Å². The highest BCUT2D eigenvalue weighted by molar-refractivity contribution is 7.93. The van der Waals surface area contributed by atoms with Crippen molar-refractivity contribution in [2.24, 2.45) is 0 Å². The van der Waals surface area contributed by atoms with Crippen molar-refractivity contribution < 1.29 is 72.4 Å². The van der Waals surface area contributed by atoms with Gasteiger partial charge in [-0.25, -0.2) is 58.3 Å². The first-order valence-corrected chi connectivity index (χ1v) is 25.3. The molecule has 17 nitrogen and oxygen atoms in total. The lowest BCUT2D eigenvalue weighted by Gasteiger charge is -2.23. The molecule has 2 aromatic heterocycles. The molecule has 0 atom stereocenters. The average molecular weight is 1060 g/mol. The highest BCUT2D eigenvalue weighted by Gasteiger charge is 2.33. The molecule has 0 amide bonds. The first-order valence-electron chi connectivity index (χ1n) is 20.7. The van der Waals surface area contributed by atoms with Crippen molar-refractivity contribution in [3.63, 3.8) is 0 Å². The van der Waals surface area contributed by atoms with E-state index in [-0.39, 0.29) is 52.5 Å². The number of aryl methyl sites for hydroxylation is 2. The third-order valence-electron chi connectivity index (χ3n) is 9.55. The van der Waals surface area contributed by atoms with Crippen LogP contribution in [-0.4, -0.2) is 74.9 Å².